The Balaban J connectivity index is 1.28. The molecule has 164 valence electrons. The smallest absolute Gasteiger partial charge is 0.319 e. The van der Waals surface area contributed by atoms with E-state index in [2.05, 4.69) is 20.9 Å². The molecule has 4 amide bonds. The van der Waals surface area contributed by atoms with Crippen LogP contribution in [0.25, 0.3) is 0 Å². The van der Waals surface area contributed by atoms with E-state index in [-0.39, 0.29) is 42.1 Å². The summed E-state index contributed by atoms with van der Waals surface area (Å²) >= 11 is 1.51. The maximum atomic E-state index is 12.5. The Hall–Kier alpha value is -2.17. The van der Waals surface area contributed by atoms with E-state index in [4.69, 9.17) is 0 Å². The minimum atomic E-state index is -0.297. The van der Waals surface area contributed by atoms with E-state index in [0.717, 1.165) is 5.69 Å². The highest BCUT2D eigenvalue weighted by Crippen LogP contribution is 2.26. The van der Waals surface area contributed by atoms with Crippen molar-refractivity contribution in [3.05, 3.63) is 16.8 Å². The molecule has 1 aromatic rings. The Bertz CT molecular complexity index is 765. The van der Waals surface area contributed by atoms with Crippen LogP contribution in [0.1, 0.15) is 32.1 Å². The Labute approximate surface area is 179 Å². The summed E-state index contributed by atoms with van der Waals surface area (Å²) in [4.78, 5) is 41.1. The Morgan fingerprint density at radius 2 is 2.10 bits per heavy atom. The maximum Gasteiger partial charge on any atom is 0.319 e. The van der Waals surface area contributed by atoms with E-state index < -0.39 is 0 Å². The minimum Gasteiger partial charge on any atom is -0.393 e. The third-order valence-corrected chi connectivity index (χ3v) is 6.93. The number of amides is 4. The molecular weight excluding hydrogens is 406 g/mol. The highest BCUT2D eigenvalue weighted by molar-refractivity contribution is 7.08. The predicted molar refractivity (Wildman–Crippen MR) is 113 cm³/mol. The molecule has 4 heterocycles. The van der Waals surface area contributed by atoms with Crippen molar-refractivity contribution in [2.75, 3.05) is 31.5 Å². The molecule has 0 saturated carbocycles. The number of thiophene rings is 1. The van der Waals surface area contributed by atoms with Gasteiger partial charge in [0, 0.05) is 50.1 Å². The summed E-state index contributed by atoms with van der Waals surface area (Å²) in [6, 6.07) is 1.28. The summed E-state index contributed by atoms with van der Waals surface area (Å²) in [7, 11) is 0. The number of carbonyl (C=O) groups excluding carboxylic acids is 3. The van der Waals surface area contributed by atoms with E-state index >= 15 is 0 Å². The van der Waals surface area contributed by atoms with Gasteiger partial charge in [0.05, 0.1) is 17.8 Å². The monoisotopic (exact) mass is 435 g/mol. The Kier molecular flexibility index (Phi) is 6.55. The molecule has 30 heavy (non-hydrogen) atoms. The third kappa shape index (κ3) is 4.93. The number of aliphatic hydroxyl groups is 1. The molecule has 3 unspecified atom stereocenters. The van der Waals surface area contributed by atoms with Crippen LogP contribution in [-0.4, -0.2) is 83.2 Å². The largest absolute Gasteiger partial charge is 0.393 e. The van der Waals surface area contributed by atoms with Crippen LogP contribution in [0.3, 0.4) is 0 Å². The Morgan fingerprint density at radius 1 is 1.30 bits per heavy atom. The van der Waals surface area contributed by atoms with Gasteiger partial charge in [-0.25, -0.2) is 4.79 Å². The molecule has 9 nitrogen and oxygen atoms in total. The van der Waals surface area contributed by atoms with Gasteiger partial charge in [-0.1, -0.05) is 0 Å². The number of hydrogen-bond acceptors (Lipinski definition) is 6. The van der Waals surface area contributed by atoms with Crippen LogP contribution in [0.15, 0.2) is 16.8 Å². The molecule has 4 rings (SSSR count). The second-order valence-electron chi connectivity index (χ2n) is 8.31. The van der Waals surface area contributed by atoms with Gasteiger partial charge >= 0.3 is 6.03 Å². The van der Waals surface area contributed by atoms with Crippen LogP contribution < -0.4 is 16.0 Å². The number of urea groups is 1. The quantitative estimate of drug-likeness (QED) is 0.540. The molecule has 0 radical (unpaired) electrons. The van der Waals surface area contributed by atoms with E-state index in [1.807, 2.05) is 21.7 Å². The van der Waals surface area contributed by atoms with Crippen molar-refractivity contribution in [1.82, 2.24) is 20.4 Å². The number of aliphatic hydroxyl groups excluding tert-OH is 1. The summed E-state index contributed by atoms with van der Waals surface area (Å²) in [5.74, 6) is 0.101. The normalized spacial score (nSPS) is 27.4. The fourth-order valence-corrected chi connectivity index (χ4v) is 5.19. The van der Waals surface area contributed by atoms with Gasteiger partial charge in [0.15, 0.2) is 0 Å². The zero-order valence-corrected chi connectivity index (χ0v) is 17.7. The highest BCUT2D eigenvalue weighted by atomic mass is 32.1. The minimum absolute atomic E-state index is 0.00913. The summed E-state index contributed by atoms with van der Waals surface area (Å²) in [6.07, 6.45) is 2.64. The number of nitrogens with one attached hydrogen (secondary N) is 3. The lowest BCUT2D eigenvalue weighted by Crippen LogP contribution is -2.58. The molecule has 0 aromatic carbocycles. The lowest BCUT2D eigenvalue weighted by atomic mass is 10.0. The van der Waals surface area contributed by atoms with Gasteiger partial charge in [0.1, 0.15) is 0 Å². The lowest BCUT2D eigenvalue weighted by molar-refractivity contribution is -0.134. The van der Waals surface area contributed by atoms with Crippen molar-refractivity contribution in [1.29, 1.82) is 0 Å². The number of hydrogen-bond donors (Lipinski definition) is 4. The number of nitrogens with zero attached hydrogens (tertiary/aromatic N) is 2. The molecule has 1 aromatic heterocycles. The topological polar surface area (TPSA) is 114 Å². The average Bonchev–Trinajstić information content (AvgIpc) is 3.38. The van der Waals surface area contributed by atoms with E-state index in [9.17, 15) is 19.5 Å². The summed E-state index contributed by atoms with van der Waals surface area (Å²) in [5, 5.41) is 22.1. The predicted octanol–water partition coefficient (Wildman–Crippen LogP) is 0.574. The van der Waals surface area contributed by atoms with Crippen LogP contribution in [-0.2, 0) is 9.59 Å². The van der Waals surface area contributed by atoms with Crippen molar-refractivity contribution >= 4 is 34.9 Å². The molecule has 3 saturated heterocycles. The van der Waals surface area contributed by atoms with Gasteiger partial charge in [-0.05, 0) is 37.1 Å². The first kappa shape index (κ1) is 21.1. The lowest BCUT2D eigenvalue weighted by Gasteiger charge is -2.37. The molecule has 3 atom stereocenters. The van der Waals surface area contributed by atoms with Gasteiger partial charge in [-0.2, -0.15) is 11.3 Å². The first-order valence-electron chi connectivity index (χ1n) is 10.6. The van der Waals surface area contributed by atoms with Gasteiger partial charge < -0.3 is 26.0 Å². The molecule has 3 aliphatic rings. The van der Waals surface area contributed by atoms with Crippen LogP contribution >= 0.6 is 11.3 Å². The number of piperazine rings is 1. The highest BCUT2D eigenvalue weighted by Gasteiger charge is 2.43. The van der Waals surface area contributed by atoms with E-state index in [0.29, 0.717) is 58.3 Å². The first-order valence-corrected chi connectivity index (χ1v) is 11.5. The molecule has 10 heteroatoms. The number of likely N-dealkylation sites (tertiary alicyclic amines) is 1. The number of carbonyl (C=O) groups is 3. The van der Waals surface area contributed by atoms with Crippen LogP contribution in [0, 0.1) is 0 Å². The first-order chi connectivity index (χ1) is 14.5. The zero-order chi connectivity index (χ0) is 21.1. The summed E-state index contributed by atoms with van der Waals surface area (Å²) in [6.45, 7) is 2.34. The van der Waals surface area contributed by atoms with Crippen molar-refractivity contribution in [2.45, 2.75) is 56.3 Å². The van der Waals surface area contributed by atoms with Crippen LogP contribution in [0.4, 0.5) is 10.5 Å². The molecule has 0 spiro atoms. The number of rotatable bonds is 5. The maximum absolute atomic E-state index is 12.5. The molecule has 4 N–H and O–H groups in total. The zero-order valence-electron chi connectivity index (χ0n) is 16.9. The third-order valence-electron chi connectivity index (χ3n) is 6.25. The van der Waals surface area contributed by atoms with Gasteiger partial charge in [0.2, 0.25) is 11.8 Å². The second-order valence-corrected chi connectivity index (χ2v) is 9.09. The number of piperidine rings is 1. The number of fused-ring (bicyclic) bond motifs is 1. The molecular formula is C20H29N5O4S. The van der Waals surface area contributed by atoms with E-state index in [1.54, 1.807) is 0 Å². The van der Waals surface area contributed by atoms with Crippen molar-refractivity contribution in [3.8, 4) is 0 Å². The molecule has 0 aliphatic carbocycles. The van der Waals surface area contributed by atoms with Gasteiger partial charge in [0.25, 0.3) is 0 Å². The SMILES string of the molecule is O=C(Nc1ccsc1)NC1CC2C(=O)NCC(CCC(=O)N3CCC(O)CC3)N2C1. The van der Waals surface area contributed by atoms with Gasteiger partial charge in [-0.3, -0.25) is 14.5 Å². The molecule has 3 aliphatic heterocycles. The molecule has 3 fully saturated rings. The second kappa shape index (κ2) is 9.32. The van der Waals surface area contributed by atoms with E-state index in [1.165, 1.54) is 11.3 Å². The number of anilines is 1. The van der Waals surface area contributed by atoms with Gasteiger partial charge in [-0.15, -0.1) is 0 Å². The van der Waals surface area contributed by atoms with Crippen LogP contribution in [0.5, 0.6) is 0 Å². The van der Waals surface area contributed by atoms with Crippen molar-refractivity contribution < 1.29 is 19.5 Å². The fourth-order valence-electron chi connectivity index (χ4n) is 4.60. The van der Waals surface area contributed by atoms with Crippen molar-refractivity contribution in [2.24, 2.45) is 0 Å². The Morgan fingerprint density at radius 3 is 2.83 bits per heavy atom. The summed E-state index contributed by atoms with van der Waals surface area (Å²) < 4.78 is 0. The summed E-state index contributed by atoms with van der Waals surface area (Å²) in [5.41, 5.74) is 0.757. The standard InChI is InChI=1S/C20H29N5O4S/c26-16-3-6-24(7-4-16)18(27)2-1-15-10-21-19(28)17-9-14(11-25(15)17)23-20(29)22-13-5-8-30-12-13/h5,8,12,14-17,26H,1-4,6-7,9-11H2,(H,21,28)(H2,22,23,29). The molecule has 0 bridgehead atoms. The fraction of sp³-hybridized carbons (Fsp3) is 0.650. The van der Waals surface area contributed by atoms with Crippen molar-refractivity contribution in [3.63, 3.8) is 0 Å². The average molecular weight is 436 g/mol. The van der Waals surface area contributed by atoms with Crippen LogP contribution in [0.2, 0.25) is 0 Å².